The van der Waals surface area contributed by atoms with Crippen molar-refractivity contribution in [3.8, 4) is 5.75 Å². The molecule has 0 unspecified atom stereocenters. The van der Waals surface area contributed by atoms with Gasteiger partial charge in [-0.25, -0.2) is 0 Å². The molecule has 0 bridgehead atoms. The summed E-state index contributed by atoms with van der Waals surface area (Å²) >= 11 is 1.73. The van der Waals surface area contributed by atoms with Gasteiger partial charge in [0.2, 0.25) is 0 Å². The molecule has 1 heterocycles. The van der Waals surface area contributed by atoms with Crippen LogP contribution in [0.2, 0.25) is 0 Å². The minimum atomic E-state index is -0.0464. The second kappa shape index (κ2) is 8.70. The fourth-order valence-electron chi connectivity index (χ4n) is 2.30. The number of thiophene rings is 1. The van der Waals surface area contributed by atoms with Crippen molar-refractivity contribution >= 4 is 17.2 Å². The molecule has 0 aliphatic carbocycles. The van der Waals surface area contributed by atoms with Crippen LogP contribution in [0.4, 0.5) is 0 Å². The second-order valence-corrected chi connectivity index (χ2v) is 6.71. The first-order valence-corrected chi connectivity index (χ1v) is 8.84. The Labute approximate surface area is 142 Å². The number of rotatable bonds is 8. The van der Waals surface area contributed by atoms with Crippen LogP contribution >= 0.6 is 11.3 Å². The van der Waals surface area contributed by atoms with Crippen LogP contribution in [0, 0.1) is 0 Å². The average Bonchev–Trinajstić information content (AvgIpc) is 3.07. The standard InChI is InChI=1S/C18H24N2O2S/c1-4-11-22-15-9-7-14(8-10-15)18(21)19-13-16(20(2)3)17-6-5-12-23-17/h5-10,12,16H,4,11,13H2,1-3H3,(H,19,21)/p+1/t16-/m0/s1. The third kappa shape index (κ3) is 5.08. The highest BCUT2D eigenvalue weighted by Gasteiger charge is 2.20. The Morgan fingerprint density at radius 3 is 2.57 bits per heavy atom. The van der Waals surface area contributed by atoms with Gasteiger partial charge in [-0.1, -0.05) is 13.0 Å². The maximum atomic E-state index is 12.3. The van der Waals surface area contributed by atoms with Crippen LogP contribution in [0.5, 0.6) is 5.75 Å². The van der Waals surface area contributed by atoms with Crippen molar-refractivity contribution < 1.29 is 14.4 Å². The maximum Gasteiger partial charge on any atom is 0.251 e. The van der Waals surface area contributed by atoms with Crippen LogP contribution in [-0.2, 0) is 0 Å². The van der Waals surface area contributed by atoms with Gasteiger partial charge in [0.15, 0.2) is 0 Å². The van der Waals surface area contributed by atoms with Gasteiger partial charge in [0.25, 0.3) is 5.91 Å². The van der Waals surface area contributed by atoms with Gasteiger partial charge in [0.1, 0.15) is 11.8 Å². The van der Waals surface area contributed by atoms with Crippen LogP contribution in [0.1, 0.15) is 34.6 Å². The molecule has 0 aliphatic rings. The van der Waals surface area contributed by atoms with Crippen LogP contribution in [0.15, 0.2) is 41.8 Å². The van der Waals surface area contributed by atoms with E-state index in [0.717, 1.165) is 12.2 Å². The summed E-state index contributed by atoms with van der Waals surface area (Å²) in [5, 5.41) is 5.11. The monoisotopic (exact) mass is 333 g/mol. The third-order valence-corrected chi connectivity index (χ3v) is 4.63. The van der Waals surface area contributed by atoms with Gasteiger partial charge in [-0.3, -0.25) is 4.79 Å². The lowest BCUT2D eigenvalue weighted by atomic mass is 10.2. The van der Waals surface area contributed by atoms with Crippen molar-refractivity contribution in [1.29, 1.82) is 0 Å². The largest absolute Gasteiger partial charge is 0.494 e. The van der Waals surface area contributed by atoms with Crippen molar-refractivity contribution in [2.45, 2.75) is 19.4 Å². The number of nitrogens with one attached hydrogen (secondary N) is 2. The minimum Gasteiger partial charge on any atom is -0.494 e. The van der Waals surface area contributed by atoms with Crippen LogP contribution < -0.4 is 15.0 Å². The molecule has 2 rings (SSSR count). The van der Waals surface area contributed by atoms with Gasteiger partial charge >= 0.3 is 0 Å². The molecule has 124 valence electrons. The van der Waals surface area contributed by atoms with E-state index in [4.69, 9.17) is 4.74 Å². The Kier molecular flexibility index (Phi) is 6.62. The molecule has 0 radical (unpaired) electrons. The normalized spacial score (nSPS) is 12.2. The van der Waals surface area contributed by atoms with Gasteiger partial charge in [-0.15, -0.1) is 11.3 Å². The van der Waals surface area contributed by atoms with E-state index >= 15 is 0 Å². The minimum absolute atomic E-state index is 0.0464. The van der Waals surface area contributed by atoms with E-state index in [-0.39, 0.29) is 11.9 Å². The first-order valence-electron chi connectivity index (χ1n) is 7.96. The summed E-state index contributed by atoms with van der Waals surface area (Å²) in [6.45, 7) is 3.38. The van der Waals surface area contributed by atoms with Crippen molar-refractivity contribution in [1.82, 2.24) is 5.32 Å². The fourth-order valence-corrected chi connectivity index (χ4v) is 3.25. The molecule has 2 aromatic rings. The predicted octanol–water partition coefficient (Wildman–Crippen LogP) is 2.15. The molecule has 0 saturated heterocycles. The summed E-state index contributed by atoms with van der Waals surface area (Å²) in [4.78, 5) is 14.9. The number of hydrogen-bond acceptors (Lipinski definition) is 3. The van der Waals surface area contributed by atoms with Gasteiger partial charge in [0.05, 0.1) is 32.1 Å². The molecule has 1 aromatic heterocycles. The smallest absolute Gasteiger partial charge is 0.251 e. The zero-order valence-corrected chi connectivity index (χ0v) is 14.8. The number of amides is 1. The Hall–Kier alpha value is -1.85. The molecule has 1 aromatic carbocycles. The average molecular weight is 333 g/mol. The van der Waals surface area contributed by atoms with E-state index in [9.17, 15) is 4.79 Å². The molecule has 0 aliphatic heterocycles. The fraction of sp³-hybridized carbons (Fsp3) is 0.389. The number of carbonyl (C=O) groups excluding carboxylic acids is 1. The van der Waals surface area contributed by atoms with Gasteiger partial charge in [-0.2, -0.15) is 0 Å². The summed E-state index contributed by atoms with van der Waals surface area (Å²) in [7, 11) is 4.22. The Bertz CT molecular complexity index is 594. The second-order valence-electron chi connectivity index (χ2n) is 5.73. The van der Waals surface area contributed by atoms with E-state index < -0.39 is 0 Å². The van der Waals surface area contributed by atoms with Crippen LogP contribution in [-0.4, -0.2) is 33.2 Å². The molecule has 5 heteroatoms. The zero-order chi connectivity index (χ0) is 16.7. The Morgan fingerprint density at radius 1 is 1.26 bits per heavy atom. The van der Waals surface area contributed by atoms with E-state index in [1.54, 1.807) is 11.3 Å². The Balaban J connectivity index is 1.93. The number of quaternary nitrogens is 1. The highest BCUT2D eigenvalue weighted by atomic mass is 32.1. The first-order chi connectivity index (χ1) is 11.1. The summed E-state index contributed by atoms with van der Waals surface area (Å²) in [6.07, 6.45) is 0.971. The molecule has 1 atom stereocenters. The Morgan fingerprint density at radius 2 is 2.00 bits per heavy atom. The number of likely N-dealkylation sites (N-methyl/N-ethyl adjacent to an activating group) is 1. The molecular formula is C18H25N2O2S+. The van der Waals surface area contributed by atoms with Crippen molar-refractivity contribution in [3.05, 3.63) is 52.2 Å². The van der Waals surface area contributed by atoms with Gasteiger partial charge < -0.3 is 15.0 Å². The van der Waals surface area contributed by atoms with E-state index in [2.05, 4.69) is 37.8 Å². The molecule has 0 spiro atoms. The van der Waals surface area contributed by atoms with E-state index in [1.165, 1.54) is 9.78 Å². The van der Waals surface area contributed by atoms with Crippen LogP contribution in [0.3, 0.4) is 0 Å². The van der Waals surface area contributed by atoms with Gasteiger partial charge in [0, 0.05) is 5.56 Å². The predicted molar refractivity (Wildman–Crippen MR) is 94.4 cm³/mol. The summed E-state index contributed by atoms with van der Waals surface area (Å²) in [5.74, 6) is 0.757. The number of ether oxygens (including phenoxy) is 1. The molecule has 0 fully saturated rings. The molecular weight excluding hydrogens is 308 g/mol. The lowest BCUT2D eigenvalue weighted by Crippen LogP contribution is -3.06. The van der Waals surface area contributed by atoms with Crippen molar-refractivity contribution in [2.75, 3.05) is 27.2 Å². The number of benzene rings is 1. The third-order valence-electron chi connectivity index (χ3n) is 3.64. The first kappa shape index (κ1) is 17.5. The summed E-state index contributed by atoms with van der Waals surface area (Å²) < 4.78 is 5.53. The summed E-state index contributed by atoms with van der Waals surface area (Å²) in [5.41, 5.74) is 0.660. The van der Waals surface area contributed by atoms with E-state index in [1.807, 2.05) is 30.3 Å². The van der Waals surface area contributed by atoms with Crippen LogP contribution in [0.25, 0.3) is 0 Å². The lowest BCUT2D eigenvalue weighted by molar-refractivity contribution is -0.890. The van der Waals surface area contributed by atoms with Crippen molar-refractivity contribution in [3.63, 3.8) is 0 Å². The topological polar surface area (TPSA) is 42.8 Å². The maximum absolute atomic E-state index is 12.3. The van der Waals surface area contributed by atoms with E-state index in [0.29, 0.717) is 18.7 Å². The zero-order valence-electron chi connectivity index (χ0n) is 14.0. The molecule has 1 amide bonds. The quantitative estimate of drug-likeness (QED) is 0.777. The summed E-state index contributed by atoms with van der Waals surface area (Å²) in [6, 6.07) is 11.7. The lowest BCUT2D eigenvalue weighted by Gasteiger charge is -2.20. The molecule has 23 heavy (non-hydrogen) atoms. The molecule has 2 N–H and O–H groups in total. The highest BCUT2D eigenvalue weighted by Crippen LogP contribution is 2.16. The highest BCUT2D eigenvalue weighted by molar-refractivity contribution is 7.10. The van der Waals surface area contributed by atoms with Crippen molar-refractivity contribution in [2.24, 2.45) is 0 Å². The number of hydrogen-bond donors (Lipinski definition) is 2. The molecule has 4 nitrogen and oxygen atoms in total. The molecule has 0 saturated carbocycles. The SMILES string of the molecule is CCCOc1ccc(C(=O)NC[C@@H](c2cccs2)[NH+](C)C)cc1. The number of carbonyl (C=O) groups is 1. The van der Waals surface area contributed by atoms with Gasteiger partial charge in [-0.05, 0) is 42.1 Å².